The number of rotatable bonds is 14. The van der Waals surface area contributed by atoms with Gasteiger partial charge in [-0.05, 0) is 93.7 Å². The molecule has 0 saturated heterocycles. The molecule has 6 aliphatic rings. The molecule has 1 atom stereocenters. The molecular weight excluding hydrogens is 1640 g/mol. The lowest BCUT2D eigenvalue weighted by atomic mass is 10.1. The van der Waals surface area contributed by atoms with E-state index < -0.39 is 0 Å². The van der Waals surface area contributed by atoms with Gasteiger partial charge in [-0.3, -0.25) is 68.1 Å². The van der Waals surface area contributed by atoms with E-state index in [1.807, 2.05) is 100 Å². The van der Waals surface area contributed by atoms with Crippen molar-refractivity contribution in [3.05, 3.63) is 394 Å². The maximum atomic E-state index is 13.0. The van der Waals surface area contributed by atoms with Crippen molar-refractivity contribution in [2.24, 2.45) is 0 Å². The molecule has 0 amide bonds. The predicted molar refractivity (Wildman–Crippen MR) is 483 cm³/mol. The molecule has 5 aromatic carbocycles. The number of halogens is 3. The smallest absolute Gasteiger partial charge is 0.223 e. The van der Waals surface area contributed by atoms with Crippen molar-refractivity contribution >= 4 is 23.2 Å². The maximum absolute atomic E-state index is 13.0. The van der Waals surface area contributed by atoms with E-state index in [1.165, 1.54) is 83.4 Å². The molecule has 19 rings (SSSR count). The number of aromatic hydroxyl groups is 6. The SMILES string of the molecule is CC(c1ccccc1)N1CCn2cc(O)c(=O)cc2C1.CCc1ccc(CN2CCn3cc(O)c(=O)cc3C2)cc1.O=c1cc2n(cc1O)CCN(Cc1ccc(-c3cccnc3)cc1)C2.O=c1cc2n(cc1O)CCN(Cc1ccc(F)cc1Cl)C2.O=c1cc2n(cc1O)CCN(Cc1ccccc1Cl)C2.O=c1cc2n(cc1O)CCN(Cc1cccnc1)C2. The molecule has 6 aliphatic heterocycles. The molecule has 0 radical (unpaired) electrons. The largest absolute Gasteiger partial charge is 0.503 e. The van der Waals surface area contributed by atoms with E-state index in [0.29, 0.717) is 50.3 Å². The summed E-state index contributed by atoms with van der Waals surface area (Å²) in [6, 6.07) is 57.1. The lowest BCUT2D eigenvalue weighted by Gasteiger charge is -2.34. The predicted octanol–water partition coefficient (Wildman–Crippen LogP) is 12.4. The molecule has 652 valence electrons. The van der Waals surface area contributed by atoms with Crippen LogP contribution in [0.4, 0.5) is 4.39 Å². The minimum absolute atomic E-state index is 0.164. The van der Waals surface area contributed by atoms with Gasteiger partial charge in [-0.25, -0.2) is 4.39 Å². The lowest BCUT2D eigenvalue weighted by molar-refractivity contribution is 0.164. The Morgan fingerprint density at radius 1 is 0.333 bits per heavy atom. The average molecular weight is 1740 g/mol. The number of aromatic nitrogens is 8. The number of hydrogen-bond acceptors (Lipinski definition) is 20. The van der Waals surface area contributed by atoms with Crippen LogP contribution in [-0.2, 0) is 118 Å². The molecule has 8 aromatic heterocycles. The average Bonchev–Trinajstić information content (AvgIpc) is 0.823. The van der Waals surface area contributed by atoms with Crippen molar-refractivity contribution in [1.82, 2.24) is 66.8 Å². The molecule has 26 nitrogen and oxygen atoms in total. The Labute approximate surface area is 737 Å². The van der Waals surface area contributed by atoms with E-state index in [-0.39, 0.29) is 72.9 Å². The van der Waals surface area contributed by atoms with Crippen LogP contribution in [0.2, 0.25) is 10.0 Å². The van der Waals surface area contributed by atoms with E-state index in [2.05, 4.69) is 120 Å². The summed E-state index contributed by atoms with van der Waals surface area (Å²) in [5, 5.41) is 58.0. The highest BCUT2D eigenvalue weighted by Gasteiger charge is 2.26. The van der Waals surface area contributed by atoms with Crippen LogP contribution in [-0.4, -0.2) is 137 Å². The Bertz CT molecular complexity index is 6340. The van der Waals surface area contributed by atoms with Gasteiger partial charge in [-0.1, -0.05) is 145 Å². The number of pyridine rings is 8. The monoisotopic (exact) mass is 1740 g/mol. The highest BCUT2D eigenvalue weighted by atomic mass is 35.5. The van der Waals surface area contributed by atoms with Gasteiger partial charge in [0, 0.05) is 262 Å². The van der Waals surface area contributed by atoms with Crippen LogP contribution in [0.5, 0.6) is 34.5 Å². The van der Waals surface area contributed by atoms with E-state index >= 15 is 0 Å². The summed E-state index contributed by atoms with van der Waals surface area (Å²) in [7, 11) is 0. The first kappa shape index (κ1) is 89.4. The van der Waals surface area contributed by atoms with Crippen LogP contribution in [0.3, 0.4) is 0 Å². The van der Waals surface area contributed by atoms with Gasteiger partial charge >= 0.3 is 0 Å². The van der Waals surface area contributed by atoms with Gasteiger partial charge in [0.25, 0.3) is 0 Å². The highest BCUT2D eigenvalue weighted by molar-refractivity contribution is 6.31. The van der Waals surface area contributed by atoms with Gasteiger partial charge in [-0.2, -0.15) is 0 Å². The molecule has 0 aliphatic carbocycles. The first-order valence-electron chi connectivity index (χ1n) is 42.0. The fraction of sp³-hybridized carbons (Fsp3) is 0.278. The summed E-state index contributed by atoms with van der Waals surface area (Å²) in [5.74, 6) is -1.45. The number of aryl methyl sites for hydroxylation is 1. The minimum Gasteiger partial charge on any atom is -0.503 e. The van der Waals surface area contributed by atoms with Crippen molar-refractivity contribution in [1.29, 1.82) is 0 Å². The molecule has 14 heterocycles. The third-order valence-electron chi connectivity index (χ3n) is 23.3. The minimum atomic E-state index is -0.372. The van der Waals surface area contributed by atoms with Crippen LogP contribution in [0, 0.1) is 5.82 Å². The van der Waals surface area contributed by atoms with E-state index in [1.54, 1.807) is 43.0 Å². The molecule has 126 heavy (non-hydrogen) atoms. The second-order valence-corrected chi connectivity index (χ2v) is 33.0. The fourth-order valence-electron chi connectivity index (χ4n) is 16.2. The van der Waals surface area contributed by atoms with Gasteiger partial charge in [0.2, 0.25) is 32.6 Å². The van der Waals surface area contributed by atoms with E-state index in [0.717, 1.165) is 185 Å². The normalized spacial score (nSPS) is 15.1. The molecule has 13 aromatic rings. The topological polar surface area (TPSA) is 299 Å². The van der Waals surface area contributed by atoms with Crippen LogP contribution in [0.15, 0.2) is 273 Å². The molecular formula is C97H101Cl2FN14O12. The third-order valence-corrected chi connectivity index (χ3v) is 24.0. The highest BCUT2D eigenvalue weighted by Crippen LogP contribution is 2.29. The second-order valence-electron chi connectivity index (χ2n) is 32.2. The standard InChI is InChI=1S/C20H19N3O2.C17H20N2O2.C16H18N2O2.C15H14ClFN2O2.C15H15ClN2O2.C14H15N3O2/c24-19-10-18-13-22(8-9-23(18)14-20(19)25)12-15-3-5-16(6-4-15)17-2-1-7-21-11-17;1-2-13-3-5-14(6-4-13)10-18-7-8-19-12-17(21)16(20)9-15(19)11-18;1-12(13-5-3-2-4-6-13)17-7-8-18-11-16(20)15(19)9-14(18)10-17;16-13-5-11(17)2-1-10(13)7-18-3-4-19-9-15(21)14(20)6-12(19)8-18;16-13-4-2-1-3-11(13)8-17-5-6-18-10-15(20)14(19)7-12(18)9-17;18-13-6-12-9-16(4-5-17(12)10-14(13)19)8-11-2-1-3-15-7-11/h1-7,10-11,14,25H,8-9,12-13H2;3-6,9,12,21H,2,7-8,10-11H2,1H3;2-6,9,11-12,20H,7-8,10H2,1H3;1-2,5-6,9,21H,3-4,7-8H2;1-4,7,10,20H,5-6,8-9H2;1-3,6-7,10,19H,4-5,8-9H2. The second kappa shape index (κ2) is 41.8. The van der Waals surface area contributed by atoms with Gasteiger partial charge < -0.3 is 58.0 Å². The van der Waals surface area contributed by atoms with Gasteiger partial charge in [0.05, 0.1) is 37.2 Å². The maximum Gasteiger partial charge on any atom is 0.223 e. The zero-order chi connectivity index (χ0) is 88.5. The molecule has 0 saturated carbocycles. The van der Waals surface area contributed by atoms with Crippen LogP contribution in [0.25, 0.3) is 11.1 Å². The van der Waals surface area contributed by atoms with Gasteiger partial charge in [-0.15, -0.1) is 0 Å². The summed E-state index contributed by atoms with van der Waals surface area (Å²) < 4.78 is 24.7. The first-order valence-corrected chi connectivity index (χ1v) is 42.7. The zero-order valence-electron chi connectivity index (χ0n) is 70.2. The number of benzene rings is 5. The van der Waals surface area contributed by atoms with Crippen LogP contribution >= 0.6 is 23.2 Å². The van der Waals surface area contributed by atoms with Crippen LogP contribution < -0.4 is 32.6 Å². The Kier molecular flexibility index (Phi) is 29.7. The van der Waals surface area contributed by atoms with Crippen molar-refractivity contribution < 1.29 is 35.0 Å². The lowest BCUT2D eigenvalue weighted by Crippen LogP contribution is -2.36. The Hall–Kier alpha value is -12.8. The van der Waals surface area contributed by atoms with Crippen LogP contribution in [0.1, 0.15) is 93.0 Å². The summed E-state index contributed by atoms with van der Waals surface area (Å²) in [5.41, 5.74) is 14.2. The molecule has 6 N–H and O–H groups in total. The quantitative estimate of drug-likeness (QED) is 0.0589. The van der Waals surface area contributed by atoms with Gasteiger partial charge in [0.15, 0.2) is 34.5 Å². The number of hydrogen-bond donors (Lipinski definition) is 6. The molecule has 0 fully saturated rings. The molecule has 29 heteroatoms. The fourth-order valence-corrected chi connectivity index (χ4v) is 16.6. The van der Waals surface area contributed by atoms with Crippen molar-refractivity contribution in [3.8, 4) is 45.6 Å². The molecule has 0 bridgehead atoms. The van der Waals surface area contributed by atoms with Crippen molar-refractivity contribution in [2.45, 2.75) is 138 Å². The third kappa shape index (κ3) is 23.6. The Balaban J connectivity index is 0.000000123. The number of fused-ring (bicyclic) bond motifs is 6. The first-order chi connectivity index (χ1) is 60.9. The molecule has 1 unspecified atom stereocenters. The van der Waals surface area contributed by atoms with Crippen molar-refractivity contribution in [3.63, 3.8) is 0 Å². The summed E-state index contributed by atoms with van der Waals surface area (Å²) >= 11 is 12.2. The number of nitrogens with zero attached hydrogens (tertiary/aromatic N) is 14. The van der Waals surface area contributed by atoms with Gasteiger partial charge in [0.1, 0.15) is 5.82 Å². The zero-order valence-corrected chi connectivity index (χ0v) is 71.7. The Morgan fingerprint density at radius 2 is 0.683 bits per heavy atom. The summed E-state index contributed by atoms with van der Waals surface area (Å²) in [6.45, 7) is 22.2. The summed E-state index contributed by atoms with van der Waals surface area (Å²) in [6.07, 6.45) is 17.5. The van der Waals surface area contributed by atoms with E-state index in [4.69, 9.17) is 23.2 Å². The summed E-state index contributed by atoms with van der Waals surface area (Å²) in [4.78, 5) is 91.1. The van der Waals surface area contributed by atoms with Crippen molar-refractivity contribution in [2.75, 3.05) is 39.3 Å². The van der Waals surface area contributed by atoms with E-state index in [9.17, 15) is 63.8 Å². The molecule has 0 spiro atoms. The Morgan fingerprint density at radius 3 is 1.06 bits per heavy atom.